The monoisotopic (exact) mass is 382 g/mol. The summed E-state index contributed by atoms with van der Waals surface area (Å²) < 4.78 is 23.0. The number of nitrogens with one attached hydrogen (secondary N) is 1. The molecule has 0 atom stereocenters. The van der Waals surface area contributed by atoms with Crippen LogP contribution < -0.4 is 11.0 Å². The Morgan fingerprint density at radius 1 is 1.15 bits per heavy atom. The van der Waals surface area contributed by atoms with Crippen LogP contribution in [0.1, 0.15) is 18.9 Å². The van der Waals surface area contributed by atoms with Crippen LogP contribution in [0.4, 0.5) is 4.39 Å². The summed E-state index contributed by atoms with van der Waals surface area (Å²) in [5.41, 5.74) is 1.29. The van der Waals surface area contributed by atoms with Crippen molar-refractivity contribution in [2.24, 2.45) is 0 Å². The number of hydrogen-bond acceptors (Lipinski definition) is 4. The summed E-state index contributed by atoms with van der Waals surface area (Å²) in [5.74, 6) is -0.479. The maximum Gasteiger partial charge on any atom is 0.329 e. The molecule has 0 bridgehead atoms. The summed E-state index contributed by atoms with van der Waals surface area (Å²) in [7, 11) is 0. The van der Waals surface area contributed by atoms with Crippen LogP contribution in [0, 0.1) is 5.82 Å². The van der Waals surface area contributed by atoms with Gasteiger partial charge in [-0.25, -0.2) is 9.18 Å². The molecule has 2 aliphatic rings. The van der Waals surface area contributed by atoms with Crippen molar-refractivity contribution < 1.29 is 9.13 Å². The third kappa shape index (κ3) is 3.41. The highest BCUT2D eigenvalue weighted by Gasteiger charge is 2.24. The predicted octanol–water partition coefficient (Wildman–Crippen LogP) is 1.85. The van der Waals surface area contributed by atoms with Crippen molar-refractivity contribution in [1.29, 1.82) is 0 Å². The number of imidazole rings is 1. The van der Waals surface area contributed by atoms with Crippen LogP contribution in [0.25, 0.3) is 11.0 Å². The maximum absolute atomic E-state index is 14.1. The summed E-state index contributed by atoms with van der Waals surface area (Å²) in [5, 5.41) is 3.37. The number of nitrogens with zero attached hydrogens (tertiary/aromatic N) is 3. The van der Waals surface area contributed by atoms with Gasteiger partial charge in [0.1, 0.15) is 5.82 Å². The lowest BCUT2D eigenvalue weighted by Crippen LogP contribution is -2.40. The molecular formula is C18H24ClFN4O2. The minimum Gasteiger partial charge on any atom is -0.379 e. The van der Waals surface area contributed by atoms with Gasteiger partial charge in [0, 0.05) is 38.3 Å². The Hall–Kier alpha value is -1.41. The van der Waals surface area contributed by atoms with E-state index in [-0.39, 0.29) is 16.8 Å². The number of ether oxygens (including phenoxy) is 1. The molecule has 2 saturated heterocycles. The van der Waals surface area contributed by atoms with E-state index in [1.54, 1.807) is 15.2 Å². The molecule has 3 heterocycles. The third-order valence-electron chi connectivity index (χ3n) is 5.42. The summed E-state index contributed by atoms with van der Waals surface area (Å²) in [6.45, 7) is 6.26. The highest BCUT2D eigenvalue weighted by molar-refractivity contribution is 6.31. The van der Waals surface area contributed by atoms with Crippen molar-refractivity contribution in [2.75, 3.05) is 45.9 Å². The van der Waals surface area contributed by atoms with E-state index in [1.165, 1.54) is 6.07 Å². The minimum atomic E-state index is -0.479. The normalized spacial score (nSPS) is 20.1. The Bertz CT molecular complexity index is 838. The molecule has 2 fully saturated rings. The molecule has 8 heteroatoms. The van der Waals surface area contributed by atoms with Crippen molar-refractivity contribution in [1.82, 2.24) is 19.4 Å². The average Bonchev–Trinajstić information content (AvgIpc) is 2.92. The Kier molecular flexibility index (Phi) is 5.31. The van der Waals surface area contributed by atoms with E-state index in [0.717, 1.165) is 58.8 Å². The molecule has 6 nitrogen and oxygen atoms in total. The molecule has 4 rings (SSSR count). The van der Waals surface area contributed by atoms with Crippen molar-refractivity contribution >= 4 is 22.6 Å². The lowest BCUT2D eigenvalue weighted by molar-refractivity contribution is 0.0364. The van der Waals surface area contributed by atoms with E-state index >= 15 is 0 Å². The molecule has 1 aromatic carbocycles. The van der Waals surface area contributed by atoms with Gasteiger partial charge < -0.3 is 10.1 Å². The van der Waals surface area contributed by atoms with Crippen LogP contribution in [-0.2, 0) is 11.3 Å². The second-order valence-electron chi connectivity index (χ2n) is 6.99. The third-order valence-corrected chi connectivity index (χ3v) is 5.71. The zero-order valence-electron chi connectivity index (χ0n) is 14.7. The van der Waals surface area contributed by atoms with Gasteiger partial charge in [0.15, 0.2) is 0 Å². The van der Waals surface area contributed by atoms with E-state index in [9.17, 15) is 9.18 Å². The number of halogens is 2. The largest absolute Gasteiger partial charge is 0.379 e. The number of piperidine rings is 1. The quantitative estimate of drug-likeness (QED) is 0.876. The number of hydrogen-bond donors (Lipinski definition) is 1. The molecule has 1 aromatic heterocycles. The van der Waals surface area contributed by atoms with Crippen LogP contribution in [0.15, 0.2) is 16.9 Å². The fraction of sp³-hybridized carbons (Fsp3) is 0.611. The summed E-state index contributed by atoms with van der Waals surface area (Å²) >= 11 is 6.02. The first kappa shape index (κ1) is 18.0. The van der Waals surface area contributed by atoms with Crippen LogP contribution in [0.2, 0.25) is 5.02 Å². The molecule has 0 unspecified atom stereocenters. The van der Waals surface area contributed by atoms with Crippen LogP contribution in [-0.4, -0.2) is 60.0 Å². The summed E-state index contributed by atoms with van der Waals surface area (Å²) in [4.78, 5) is 15.5. The minimum absolute atomic E-state index is 0.0556. The maximum atomic E-state index is 14.1. The fourth-order valence-electron chi connectivity index (χ4n) is 3.97. The first-order chi connectivity index (χ1) is 12.6. The summed E-state index contributed by atoms with van der Waals surface area (Å²) in [6.07, 6.45) is 1.74. The van der Waals surface area contributed by atoms with Gasteiger partial charge in [-0.15, -0.1) is 0 Å². The van der Waals surface area contributed by atoms with Gasteiger partial charge in [-0.3, -0.25) is 14.0 Å². The summed E-state index contributed by atoms with van der Waals surface area (Å²) in [6, 6.07) is 3.09. The lowest BCUT2D eigenvalue weighted by Gasteiger charge is -2.26. The Balaban J connectivity index is 1.72. The molecule has 0 aliphatic carbocycles. The van der Waals surface area contributed by atoms with E-state index in [1.807, 2.05) is 0 Å². The van der Waals surface area contributed by atoms with Gasteiger partial charge in [-0.2, -0.15) is 0 Å². The van der Waals surface area contributed by atoms with Crippen LogP contribution >= 0.6 is 11.6 Å². The van der Waals surface area contributed by atoms with E-state index in [2.05, 4.69) is 10.2 Å². The first-order valence-corrected chi connectivity index (χ1v) is 9.63. The Morgan fingerprint density at radius 3 is 2.62 bits per heavy atom. The first-order valence-electron chi connectivity index (χ1n) is 9.26. The highest BCUT2D eigenvalue weighted by atomic mass is 35.5. The van der Waals surface area contributed by atoms with Gasteiger partial charge in [-0.05, 0) is 32.0 Å². The molecule has 26 heavy (non-hydrogen) atoms. The van der Waals surface area contributed by atoms with E-state index in [4.69, 9.17) is 16.3 Å². The molecule has 142 valence electrons. The van der Waals surface area contributed by atoms with Crippen molar-refractivity contribution in [2.45, 2.75) is 25.4 Å². The van der Waals surface area contributed by atoms with Crippen molar-refractivity contribution in [3.05, 3.63) is 33.5 Å². The number of rotatable bonds is 4. The topological polar surface area (TPSA) is 51.4 Å². The van der Waals surface area contributed by atoms with E-state index in [0.29, 0.717) is 17.6 Å². The van der Waals surface area contributed by atoms with Gasteiger partial charge in [0.05, 0.1) is 29.3 Å². The van der Waals surface area contributed by atoms with Crippen molar-refractivity contribution in [3.63, 3.8) is 0 Å². The average molecular weight is 383 g/mol. The van der Waals surface area contributed by atoms with Crippen LogP contribution in [0.5, 0.6) is 0 Å². The van der Waals surface area contributed by atoms with Crippen LogP contribution in [0.3, 0.4) is 0 Å². The second-order valence-corrected chi connectivity index (χ2v) is 7.40. The molecule has 0 spiro atoms. The standard InChI is InChI=1S/C18H24ClFN4O2/c19-14-11-16-17(12-15(14)20)24(13-1-3-21-4-2-13)18(25)23(16)6-5-22-7-9-26-10-8-22/h11-13,21H,1-10H2. The second kappa shape index (κ2) is 7.68. The van der Waals surface area contributed by atoms with Gasteiger partial charge in [-0.1, -0.05) is 11.6 Å². The van der Waals surface area contributed by atoms with Gasteiger partial charge >= 0.3 is 5.69 Å². The fourth-order valence-corrected chi connectivity index (χ4v) is 4.13. The number of fused-ring (bicyclic) bond motifs is 1. The highest BCUT2D eigenvalue weighted by Crippen LogP contribution is 2.27. The molecule has 2 aliphatic heterocycles. The molecular weight excluding hydrogens is 359 g/mol. The molecule has 0 saturated carbocycles. The molecule has 2 aromatic rings. The number of morpholine rings is 1. The Morgan fingerprint density at radius 2 is 1.88 bits per heavy atom. The molecule has 0 amide bonds. The smallest absolute Gasteiger partial charge is 0.329 e. The zero-order valence-corrected chi connectivity index (χ0v) is 15.5. The van der Waals surface area contributed by atoms with Gasteiger partial charge in [0.25, 0.3) is 0 Å². The lowest BCUT2D eigenvalue weighted by atomic mass is 10.1. The number of aromatic nitrogens is 2. The van der Waals surface area contributed by atoms with Crippen molar-refractivity contribution in [3.8, 4) is 0 Å². The predicted molar refractivity (Wildman–Crippen MR) is 99.6 cm³/mol. The zero-order chi connectivity index (χ0) is 18.1. The number of benzene rings is 1. The molecule has 0 radical (unpaired) electrons. The van der Waals surface area contributed by atoms with E-state index < -0.39 is 5.82 Å². The Labute approximate surface area is 156 Å². The molecule has 1 N–H and O–H groups in total. The van der Waals surface area contributed by atoms with Gasteiger partial charge in [0.2, 0.25) is 0 Å². The SMILES string of the molecule is O=c1n(CCN2CCOCC2)c2cc(Cl)c(F)cc2n1C1CCNCC1.